The molecule has 4 nitrogen and oxygen atoms in total. The lowest BCUT2D eigenvalue weighted by molar-refractivity contribution is 0.0697. The smallest absolute Gasteiger partial charge is 0.335 e. The first-order chi connectivity index (χ1) is 8.01. The van der Waals surface area contributed by atoms with Crippen LogP contribution in [0, 0.1) is 0 Å². The number of carboxylic acid groups (broad SMARTS) is 1. The molecule has 4 heteroatoms. The van der Waals surface area contributed by atoms with Gasteiger partial charge in [0, 0.05) is 12.3 Å². The lowest BCUT2D eigenvalue weighted by Gasteiger charge is -2.30. The summed E-state index contributed by atoms with van der Waals surface area (Å²) in [6.07, 6.45) is 1.04. The van der Waals surface area contributed by atoms with Crippen molar-refractivity contribution < 1.29 is 14.6 Å². The number of carbonyl (C=O) groups is 1. The second kappa shape index (κ2) is 4.37. The predicted octanol–water partition coefficient (Wildman–Crippen LogP) is 2.36. The highest BCUT2D eigenvalue weighted by Crippen LogP contribution is 2.29. The average Bonchev–Trinajstić information content (AvgIpc) is 2.59. The number of nitrogens with one attached hydrogen (secondary N) is 1. The Hall–Kier alpha value is -1.55. The van der Waals surface area contributed by atoms with Crippen LogP contribution >= 0.6 is 0 Å². The molecule has 0 bridgehead atoms. The number of carboxylic acids is 1. The number of hydrogen-bond donors (Lipinski definition) is 2. The topological polar surface area (TPSA) is 58.6 Å². The first-order valence-electron chi connectivity index (χ1n) is 5.74. The second-order valence-electron chi connectivity index (χ2n) is 4.69. The van der Waals surface area contributed by atoms with E-state index in [1.807, 2.05) is 13.0 Å². The Balaban J connectivity index is 2.18. The number of ether oxygens (including phenoxy) is 1. The van der Waals surface area contributed by atoms with Crippen LogP contribution in [0.3, 0.4) is 0 Å². The van der Waals surface area contributed by atoms with Crippen LogP contribution in [0.15, 0.2) is 24.3 Å². The molecule has 1 heterocycles. The predicted molar refractivity (Wildman–Crippen MR) is 65.5 cm³/mol. The first kappa shape index (κ1) is 11.9. The third kappa shape index (κ3) is 2.42. The molecular weight excluding hydrogens is 218 g/mol. The van der Waals surface area contributed by atoms with Crippen molar-refractivity contribution in [2.45, 2.75) is 31.9 Å². The normalized spacial score (nSPS) is 28.0. The summed E-state index contributed by atoms with van der Waals surface area (Å²) in [5.41, 5.74) is 0.992. The van der Waals surface area contributed by atoms with Gasteiger partial charge in [-0.15, -0.1) is 0 Å². The minimum absolute atomic E-state index is 0.121. The Bertz CT molecular complexity index is 432. The lowest BCUT2D eigenvalue weighted by Crippen LogP contribution is -2.41. The summed E-state index contributed by atoms with van der Waals surface area (Å²) >= 11 is 0. The molecule has 0 spiro atoms. The zero-order valence-corrected chi connectivity index (χ0v) is 10.1. The van der Waals surface area contributed by atoms with Gasteiger partial charge in [-0.05, 0) is 38.5 Å². The van der Waals surface area contributed by atoms with Crippen molar-refractivity contribution >= 4 is 11.7 Å². The zero-order valence-electron chi connectivity index (χ0n) is 10.1. The number of benzene rings is 1. The van der Waals surface area contributed by atoms with Gasteiger partial charge >= 0.3 is 5.97 Å². The van der Waals surface area contributed by atoms with Gasteiger partial charge in [-0.1, -0.05) is 6.07 Å². The standard InChI is InChI=1S/C13H17NO3/c1-9-13(2,6-7-17-9)14-11-5-3-4-10(8-11)12(15)16/h3-5,8-9,14H,6-7H2,1-2H3,(H,15,16). The number of anilines is 1. The SMILES string of the molecule is CC1OCCC1(C)Nc1cccc(C(=O)O)c1. The van der Waals surface area contributed by atoms with Crippen molar-refractivity contribution in [3.8, 4) is 0 Å². The Labute approximate surface area is 101 Å². The maximum absolute atomic E-state index is 10.9. The van der Waals surface area contributed by atoms with E-state index in [-0.39, 0.29) is 11.6 Å². The van der Waals surface area contributed by atoms with Crippen LogP contribution < -0.4 is 5.32 Å². The first-order valence-corrected chi connectivity index (χ1v) is 5.74. The van der Waals surface area contributed by atoms with Gasteiger partial charge in [0.25, 0.3) is 0 Å². The fourth-order valence-electron chi connectivity index (χ4n) is 2.06. The molecule has 17 heavy (non-hydrogen) atoms. The Kier molecular flexibility index (Phi) is 3.07. The van der Waals surface area contributed by atoms with Crippen LogP contribution in [0.5, 0.6) is 0 Å². The van der Waals surface area contributed by atoms with Gasteiger partial charge in [0.15, 0.2) is 0 Å². The van der Waals surface area contributed by atoms with E-state index in [0.717, 1.165) is 18.7 Å². The maximum Gasteiger partial charge on any atom is 0.335 e. The molecule has 2 N–H and O–H groups in total. The molecule has 0 radical (unpaired) electrons. The largest absolute Gasteiger partial charge is 0.478 e. The summed E-state index contributed by atoms with van der Waals surface area (Å²) in [6, 6.07) is 6.86. The highest BCUT2D eigenvalue weighted by Gasteiger charge is 2.36. The monoisotopic (exact) mass is 235 g/mol. The molecule has 2 atom stereocenters. The number of hydrogen-bond acceptors (Lipinski definition) is 3. The fraction of sp³-hybridized carbons (Fsp3) is 0.462. The lowest BCUT2D eigenvalue weighted by atomic mass is 9.94. The second-order valence-corrected chi connectivity index (χ2v) is 4.69. The van der Waals surface area contributed by atoms with Gasteiger partial charge in [0.05, 0.1) is 17.2 Å². The van der Waals surface area contributed by atoms with E-state index in [2.05, 4.69) is 12.2 Å². The van der Waals surface area contributed by atoms with Crippen LogP contribution in [-0.2, 0) is 4.74 Å². The zero-order chi connectivity index (χ0) is 12.5. The number of rotatable bonds is 3. The van der Waals surface area contributed by atoms with Crippen LogP contribution in [0.4, 0.5) is 5.69 Å². The molecule has 0 amide bonds. The van der Waals surface area contributed by atoms with E-state index in [4.69, 9.17) is 9.84 Å². The van der Waals surface area contributed by atoms with Gasteiger partial charge in [0.1, 0.15) is 0 Å². The Morgan fingerprint density at radius 3 is 2.94 bits per heavy atom. The van der Waals surface area contributed by atoms with E-state index in [1.165, 1.54) is 0 Å². The van der Waals surface area contributed by atoms with Crippen molar-refractivity contribution in [3.63, 3.8) is 0 Å². The van der Waals surface area contributed by atoms with Crippen LogP contribution in [-0.4, -0.2) is 29.3 Å². The summed E-state index contributed by atoms with van der Waals surface area (Å²) < 4.78 is 5.54. The van der Waals surface area contributed by atoms with E-state index < -0.39 is 5.97 Å². The maximum atomic E-state index is 10.9. The van der Waals surface area contributed by atoms with Crippen LogP contribution in [0.1, 0.15) is 30.6 Å². The minimum Gasteiger partial charge on any atom is -0.478 e. The van der Waals surface area contributed by atoms with Crippen molar-refractivity contribution in [1.82, 2.24) is 0 Å². The highest BCUT2D eigenvalue weighted by atomic mass is 16.5. The van der Waals surface area contributed by atoms with Crippen LogP contribution in [0.25, 0.3) is 0 Å². The van der Waals surface area contributed by atoms with Gasteiger partial charge < -0.3 is 15.2 Å². The molecular formula is C13H17NO3. The van der Waals surface area contributed by atoms with Crippen LogP contribution in [0.2, 0.25) is 0 Å². The molecule has 1 aromatic carbocycles. The molecule has 1 aliphatic heterocycles. The summed E-state index contributed by atoms with van der Waals surface area (Å²) in [4.78, 5) is 10.9. The minimum atomic E-state index is -0.908. The average molecular weight is 235 g/mol. The summed E-state index contributed by atoms with van der Waals surface area (Å²) in [6.45, 7) is 4.86. The highest BCUT2D eigenvalue weighted by molar-refractivity contribution is 5.88. The van der Waals surface area contributed by atoms with Crippen molar-refractivity contribution in [3.05, 3.63) is 29.8 Å². The summed E-state index contributed by atoms with van der Waals surface area (Å²) in [5, 5.41) is 12.3. The van der Waals surface area contributed by atoms with Gasteiger partial charge in [-0.3, -0.25) is 0 Å². The van der Waals surface area contributed by atoms with Gasteiger partial charge in [0.2, 0.25) is 0 Å². The molecule has 2 unspecified atom stereocenters. The molecule has 1 aromatic rings. The quantitative estimate of drug-likeness (QED) is 0.844. The number of aromatic carboxylic acids is 1. The Morgan fingerprint density at radius 1 is 1.59 bits per heavy atom. The van der Waals surface area contributed by atoms with E-state index >= 15 is 0 Å². The van der Waals surface area contributed by atoms with Crippen molar-refractivity contribution in [1.29, 1.82) is 0 Å². The molecule has 1 saturated heterocycles. The molecule has 0 saturated carbocycles. The van der Waals surface area contributed by atoms with E-state index in [9.17, 15) is 4.79 Å². The van der Waals surface area contributed by atoms with Crippen molar-refractivity contribution in [2.75, 3.05) is 11.9 Å². The molecule has 0 aromatic heterocycles. The molecule has 1 fully saturated rings. The Morgan fingerprint density at radius 2 is 2.35 bits per heavy atom. The van der Waals surface area contributed by atoms with Gasteiger partial charge in [-0.2, -0.15) is 0 Å². The third-order valence-electron chi connectivity index (χ3n) is 3.43. The molecule has 1 aliphatic rings. The third-order valence-corrected chi connectivity index (χ3v) is 3.43. The van der Waals surface area contributed by atoms with E-state index in [1.54, 1.807) is 18.2 Å². The molecule has 92 valence electrons. The summed E-state index contributed by atoms with van der Waals surface area (Å²) in [5.74, 6) is -0.908. The fourth-order valence-corrected chi connectivity index (χ4v) is 2.06. The van der Waals surface area contributed by atoms with E-state index in [0.29, 0.717) is 5.56 Å². The molecule has 2 rings (SSSR count). The van der Waals surface area contributed by atoms with Gasteiger partial charge in [-0.25, -0.2) is 4.79 Å². The van der Waals surface area contributed by atoms with Crippen molar-refractivity contribution in [2.24, 2.45) is 0 Å². The summed E-state index contributed by atoms with van der Waals surface area (Å²) in [7, 11) is 0. The molecule has 0 aliphatic carbocycles.